The minimum absolute atomic E-state index is 0.658. The predicted octanol–water partition coefficient (Wildman–Crippen LogP) is 2.95. The molecule has 0 saturated carbocycles. The van der Waals surface area contributed by atoms with Gasteiger partial charge in [0.1, 0.15) is 11.5 Å². The van der Waals surface area contributed by atoms with Crippen LogP contribution in [-0.4, -0.2) is 32.8 Å². The van der Waals surface area contributed by atoms with Crippen LogP contribution in [0.2, 0.25) is 0 Å². The molecule has 0 saturated heterocycles. The summed E-state index contributed by atoms with van der Waals surface area (Å²) in [6.45, 7) is 4.05. The van der Waals surface area contributed by atoms with E-state index in [9.17, 15) is 0 Å². The minimum Gasteiger partial charge on any atom is -0.497 e. The van der Waals surface area contributed by atoms with E-state index in [2.05, 4.69) is 16.9 Å². The average Bonchev–Trinajstić information content (AvgIpc) is 2.43. The topological polar surface area (TPSA) is 43.2 Å². The lowest BCUT2D eigenvalue weighted by Crippen LogP contribution is -2.04. The van der Waals surface area contributed by atoms with Gasteiger partial charge in [-0.3, -0.25) is 4.99 Å². The molecule has 4 heteroatoms. The van der Waals surface area contributed by atoms with Crippen LogP contribution in [0.3, 0.4) is 0 Å². The van der Waals surface area contributed by atoms with Gasteiger partial charge in [0.15, 0.2) is 5.84 Å². The fourth-order valence-corrected chi connectivity index (χ4v) is 1.48. The molecule has 0 radical (unpaired) electrons. The second kappa shape index (κ2) is 6.79. The second-order valence-corrected chi connectivity index (χ2v) is 3.81. The van der Waals surface area contributed by atoms with Crippen LogP contribution in [0, 0.1) is 0 Å². The Hall–Kier alpha value is -1.84. The fourth-order valence-electron chi connectivity index (χ4n) is 1.48. The smallest absolute Gasteiger partial charge is 0.158 e. The number of rotatable bonds is 4. The van der Waals surface area contributed by atoms with Crippen LogP contribution in [0.4, 0.5) is 0 Å². The van der Waals surface area contributed by atoms with E-state index in [1.165, 1.54) is 0 Å². The first-order valence-corrected chi connectivity index (χ1v) is 5.89. The van der Waals surface area contributed by atoms with Gasteiger partial charge < -0.3 is 9.47 Å². The van der Waals surface area contributed by atoms with Gasteiger partial charge in [0, 0.05) is 12.8 Å². The first-order chi connectivity index (χ1) is 8.65. The zero-order valence-corrected chi connectivity index (χ0v) is 11.7. The highest BCUT2D eigenvalue weighted by atomic mass is 16.5. The van der Waals surface area contributed by atoms with Crippen molar-refractivity contribution in [1.82, 2.24) is 0 Å². The summed E-state index contributed by atoms with van der Waals surface area (Å²) in [5.41, 5.74) is 1.87. The molecule has 1 aromatic rings. The number of hydrogen-bond donors (Lipinski definition) is 0. The molecule has 4 nitrogen and oxygen atoms in total. The summed E-state index contributed by atoms with van der Waals surface area (Å²) >= 11 is 0. The monoisotopic (exact) mass is 248 g/mol. The Labute approximate surface area is 108 Å². The number of amidine groups is 1. The van der Waals surface area contributed by atoms with Crippen molar-refractivity contribution >= 4 is 11.5 Å². The molecule has 0 amide bonds. The van der Waals surface area contributed by atoms with Crippen molar-refractivity contribution in [1.29, 1.82) is 0 Å². The molecular formula is C14H20N2O2. The summed E-state index contributed by atoms with van der Waals surface area (Å²) in [4.78, 5) is 8.72. The van der Waals surface area contributed by atoms with E-state index in [1.807, 2.05) is 25.1 Å². The Morgan fingerprint density at radius 2 is 1.94 bits per heavy atom. The van der Waals surface area contributed by atoms with E-state index in [1.54, 1.807) is 21.3 Å². The summed E-state index contributed by atoms with van der Waals surface area (Å²) < 4.78 is 10.6. The van der Waals surface area contributed by atoms with Crippen LogP contribution in [0.25, 0.3) is 0 Å². The van der Waals surface area contributed by atoms with Crippen molar-refractivity contribution in [3.63, 3.8) is 0 Å². The average molecular weight is 248 g/mol. The third kappa shape index (κ3) is 3.32. The number of benzene rings is 1. The van der Waals surface area contributed by atoms with Crippen LogP contribution in [0.1, 0.15) is 25.8 Å². The molecular weight excluding hydrogens is 228 g/mol. The lowest BCUT2D eigenvalue weighted by atomic mass is 10.1. The van der Waals surface area contributed by atoms with Gasteiger partial charge in [-0.25, -0.2) is 4.99 Å². The van der Waals surface area contributed by atoms with E-state index >= 15 is 0 Å². The molecule has 1 rings (SSSR count). The highest BCUT2D eigenvalue weighted by molar-refractivity contribution is 6.08. The summed E-state index contributed by atoms with van der Waals surface area (Å²) in [7, 11) is 4.99. The van der Waals surface area contributed by atoms with E-state index in [-0.39, 0.29) is 0 Å². The lowest BCUT2D eigenvalue weighted by molar-refractivity contribution is 0.402. The summed E-state index contributed by atoms with van der Waals surface area (Å²) in [5, 5.41) is 0. The van der Waals surface area contributed by atoms with E-state index in [0.29, 0.717) is 5.84 Å². The van der Waals surface area contributed by atoms with Crippen LogP contribution in [0.15, 0.2) is 28.2 Å². The Morgan fingerprint density at radius 1 is 1.22 bits per heavy atom. The van der Waals surface area contributed by atoms with Crippen LogP contribution in [-0.2, 0) is 0 Å². The first-order valence-electron chi connectivity index (χ1n) is 5.89. The van der Waals surface area contributed by atoms with Crippen molar-refractivity contribution in [2.24, 2.45) is 9.98 Å². The Morgan fingerprint density at radius 3 is 2.44 bits per heavy atom. The molecule has 0 spiro atoms. The van der Waals surface area contributed by atoms with Crippen molar-refractivity contribution < 1.29 is 9.47 Å². The lowest BCUT2D eigenvalue weighted by Gasteiger charge is -2.10. The van der Waals surface area contributed by atoms with Crippen molar-refractivity contribution in [3.8, 4) is 11.5 Å². The van der Waals surface area contributed by atoms with Gasteiger partial charge in [-0.1, -0.05) is 6.92 Å². The second-order valence-electron chi connectivity index (χ2n) is 3.81. The molecule has 0 unspecified atom stereocenters. The number of ether oxygens (including phenoxy) is 2. The standard InChI is InChI=1S/C14H20N2O2/c1-6-10(2)16-14(15-3)12-9-11(17-4)7-8-13(12)18-5/h7-9H,6H2,1-5H3. The van der Waals surface area contributed by atoms with Gasteiger partial charge in [-0.15, -0.1) is 0 Å². The largest absolute Gasteiger partial charge is 0.497 e. The number of aliphatic imine (C=N–C) groups is 2. The molecule has 0 aliphatic heterocycles. The number of methoxy groups -OCH3 is 2. The van der Waals surface area contributed by atoms with Crippen molar-refractivity contribution in [2.75, 3.05) is 21.3 Å². The molecule has 0 aromatic heterocycles. The molecule has 0 bridgehead atoms. The maximum atomic E-state index is 5.34. The highest BCUT2D eigenvalue weighted by Gasteiger charge is 2.10. The van der Waals surface area contributed by atoms with Crippen molar-refractivity contribution in [3.05, 3.63) is 23.8 Å². The maximum Gasteiger partial charge on any atom is 0.158 e. The Bertz CT molecular complexity index is 465. The first kappa shape index (κ1) is 14.2. The molecule has 18 heavy (non-hydrogen) atoms. The molecule has 98 valence electrons. The van der Waals surface area contributed by atoms with Gasteiger partial charge in [0.2, 0.25) is 0 Å². The van der Waals surface area contributed by atoms with Gasteiger partial charge in [0.25, 0.3) is 0 Å². The molecule has 0 heterocycles. The Balaban J connectivity index is 3.27. The van der Waals surface area contributed by atoms with Crippen LogP contribution >= 0.6 is 0 Å². The van der Waals surface area contributed by atoms with E-state index < -0.39 is 0 Å². The summed E-state index contributed by atoms with van der Waals surface area (Å²) in [5.74, 6) is 2.16. The molecule has 0 aliphatic rings. The van der Waals surface area contributed by atoms with Gasteiger partial charge in [0.05, 0.1) is 19.8 Å². The van der Waals surface area contributed by atoms with Crippen LogP contribution in [0.5, 0.6) is 11.5 Å². The van der Waals surface area contributed by atoms with Gasteiger partial charge in [-0.05, 0) is 31.5 Å². The van der Waals surface area contributed by atoms with Gasteiger partial charge in [-0.2, -0.15) is 0 Å². The maximum absolute atomic E-state index is 5.34. The van der Waals surface area contributed by atoms with Crippen molar-refractivity contribution in [2.45, 2.75) is 20.3 Å². The fraction of sp³-hybridized carbons (Fsp3) is 0.429. The quantitative estimate of drug-likeness (QED) is 0.607. The predicted molar refractivity (Wildman–Crippen MR) is 75.4 cm³/mol. The number of hydrogen-bond acceptors (Lipinski definition) is 3. The third-order valence-electron chi connectivity index (χ3n) is 2.67. The molecule has 0 aliphatic carbocycles. The summed E-state index contributed by atoms with van der Waals surface area (Å²) in [6.07, 6.45) is 0.894. The summed E-state index contributed by atoms with van der Waals surface area (Å²) in [6, 6.07) is 5.59. The van der Waals surface area contributed by atoms with E-state index in [0.717, 1.165) is 29.2 Å². The SMILES string of the molecule is CCC(C)=NC(=NC)c1cc(OC)ccc1OC. The van der Waals surface area contributed by atoms with Gasteiger partial charge >= 0.3 is 0 Å². The number of nitrogens with zero attached hydrogens (tertiary/aromatic N) is 2. The zero-order valence-electron chi connectivity index (χ0n) is 11.7. The minimum atomic E-state index is 0.658. The Kier molecular flexibility index (Phi) is 5.36. The van der Waals surface area contributed by atoms with Crippen LogP contribution < -0.4 is 9.47 Å². The molecule has 0 atom stereocenters. The highest BCUT2D eigenvalue weighted by Crippen LogP contribution is 2.25. The van der Waals surface area contributed by atoms with E-state index in [4.69, 9.17) is 9.47 Å². The third-order valence-corrected chi connectivity index (χ3v) is 2.67. The molecule has 0 N–H and O–H groups in total. The zero-order chi connectivity index (χ0) is 13.5. The molecule has 1 aromatic carbocycles. The molecule has 0 fully saturated rings. The normalized spacial score (nSPS) is 12.5.